The van der Waals surface area contributed by atoms with Gasteiger partial charge in [-0.2, -0.15) is 0 Å². The molecular formula is C10H17N3O. The fourth-order valence-electron chi connectivity index (χ4n) is 1.55. The van der Waals surface area contributed by atoms with E-state index in [2.05, 4.69) is 4.98 Å². The maximum absolute atomic E-state index is 10.2. The number of hydrogen-bond acceptors (Lipinski definition) is 4. The molecule has 0 aliphatic carbocycles. The van der Waals surface area contributed by atoms with Crippen molar-refractivity contribution in [1.29, 1.82) is 0 Å². The molecule has 0 aliphatic heterocycles. The van der Waals surface area contributed by atoms with Gasteiger partial charge in [-0.25, -0.2) is 0 Å². The zero-order valence-electron chi connectivity index (χ0n) is 8.40. The number of pyridine rings is 1. The van der Waals surface area contributed by atoms with Crippen LogP contribution in [-0.2, 0) is 5.60 Å². The maximum atomic E-state index is 10.2. The maximum Gasteiger partial charge on any atom is 0.105 e. The second-order valence-corrected chi connectivity index (χ2v) is 3.45. The molecule has 1 aromatic heterocycles. The molecule has 4 heteroatoms. The van der Waals surface area contributed by atoms with Crippen molar-refractivity contribution >= 4 is 5.69 Å². The Hall–Kier alpha value is -1.13. The third-order valence-electron chi connectivity index (χ3n) is 2.36. The van der Waals surface area contributed by atoms with Gasteiger partial charge >= 0.3 is 0 Å². The van der Waals surface area contributed by atoms with Gasteiger partial charge in [0.05, 0.1) is 0 Å². The first-order chi connectivity index (χ1) is 6.64. The van der Waals surface area contributed by atoms with E-state index in [9.17, 15) is 5.11 Å². The fraction of sp³-hybridized carbons (Fsp3) is 0.500. The van der Waals surface area contributed by atoms with E-state index < -0.39 is 5.60 Å². The van der Waals surface area contributed by atoms with Crippen LogP contribution in [0.2, 0.25) is 0 Å². The molecular weight excluding hydrogens is 178 g/mol. The molecule has 0 fully saturated rings. The summed E-state index contributed by atoms with van der Waals surface area (Å²) >= 11 is 0. The van der Waals surface area contributed by atoms with Gasteiger partial charge in [0.2, 0.25) is 0 Å². The van der Waals surface area contributed by atoms with Gasteiger partial charge in [0.25, 0.3) is 0 Å². The largest absolute Gasteiger partial charge is 0.398 e. The molecule has 1 aromatic rings. The number of rotatable bonds is 4. The average molecular weight is 195 g/mol. The van der Waals surface area contributed by atoms with Crippen LogP contribution in [-0.4, -0.2) is 16.6 Å². The van der Waals surface area contributed by atoms with Crippen LogP contribution in [0.3, 0.4) is 0 Å². The van der Waals surface area contributed by atoms with Crippen LogP contribution in [0.1, 0.15) is 25.3 Å². The summed E-state index contributed by atoms with van der Waals surface area (Å²) in [5.74, 6) is 0. The first kappa shape index (κ1) is 10.9. The number of aromatic nitrogens is 1. The van der Waals surface area contributed by atoms with E-state index in [0.29, 0.717) is 17.7 Å². The number of hydrogen-bond donors (Lipinski definition) is 3. The highest BCUT2D eigenvalue weighted by Crippen LogP contribution is 2.28. The van der Waals surface area contributed by atoms with Gasteiger partial charge in [-0.1, -0.05) is 13.3 Å². The standard InChI is InChI=1S/C10H17N3O/c1-2-4-10(14,7-11)8-6-13-5-3-9(8)12/h3,5-6,14H,2,4,7,11H2,1H3,(H2,12,13). The van der Waals surface area contributed by atoms with E-state index in [-0.39, 0.29) is 6.54 Å². The van der Waals surface area contributed by atoms with Crippen molar-refractivity contribution in [2.24, 2.45) is 5.73 Å². The summed E-state index contributed by atoms with van der Waals surface area (Å²) in [6.45, 7) is 2.16. The van der Waals surface area contributed by atoms with E-state index in [1.54, 1.807) is 18.5 Å². The van der Waals surface area contributed by atoms with Crippen LogP contribution >= 0.6 is 0 Å². The lowest BCUT2D eigenvalue weighted by atomic mass is 9.89. The zero-order valence-corrected chi connectivity index (χ0v) is 8.40. The lowest BCUT2D eigenvalue weighted by Crippen LogP contribution is -2.35. The van der Waals surface area contributed by atoms with Crippen LogP contribution in [0.4, 0.5) is 5.69 Å². The Labute approximate surface area is 83.9 Å². The second kappa shape index (κ2) is 4.39. The number of aliphatic hydroxyl groups is 1. The first-order valence-electron chi connectivity index (χ1n) is 4.76. The molecule has 1 unspecified atom stereocenters. The summed E-state index contributed by atoms with van der Waals surface area (Å²) < 4.78 is 0. The topological polar surface area (TPSA) is 85.2 Å². The Kier molecular flexibility index (Phi) is 3.43. The molecule has 0 aromatic carbocycles. The summed E-state index contributed by atoms with van der Waals surface area (Å²) in [5, 5.41) is 10.2. The van der Waals surface area contributed by atoms with Crippen molar-refractivity contribution < 1.29 is 5.11 Å². The Morgan fingerprint density at radius 3 is 2.79 bits per heavy atom. The summed E-state index contributed by atoms with van der Waals surface area (Å²) in [7, 11) is 0. The lowest BCUT2D eigenvalue weighted by molar-refractivity contribution is 0.0364. The summed E-state index contributed by atoms with van der Waals surface area (Å²) in [6, 6.07) is 1.67. The molecule has 1 atom stereocenters. The number of anilines is 1. The SMILES string of the molecule is CCCC(O)(CN)c1cnccc1N. The molecule has 0 spiro atoms. The van der Waals surface area contributed by atoms with Crippen LogP contribution in [0.15, 0.2) is 18.5 Å². The Morgan fingerprint density at radius 1 is 1.57 bits per heavy atom. The van der Waals surface area contributed by atoms with Gasteiger partial charge in [-0.05, 0) is 12.5 Å². The van der Waals surface area contributed by atoms with Crippen LogP contribution in [0, 0.1) is 0 Å². The van der Waals surface area contributed by atoms with Crippen molar-refractivity contribution in [3.05, 3.63) is 24.0 Å². The van der Waals surface area contributed by atoms with Gasteiger partial charge in [-0.15, -0.1) is 0 Å². The highest BCUT2D eigenvalue weighted by Gasteiger charge is 2.28. The van der Waals surface area contributed by atoms with Crippen LogP contribution in [0.25, 0.3) is 0 Å². The predicted molar refractivity (Wildman–Crippen MR) is 56.5 cm³/mol. The van der Waals surface area contributed by atoms with Crippen molar-refractivity contribution in [2.45, 2.75) is 25.4 Å². The summed E-state index contributed by atoms with van der Waals surface area (Å²) in [5.41, 5.74) is 11.5. The normalized spacial score (nSPS) is 15.1. The molecule has 0 radical (unpaired) electrons. The highest BCUT2D eigenvalue weighted by atomic mass is 16.3. The van der Waals surface area contributed by atoms with E-state index in [4.69, 9.17) is 11.5 Å². The van der Waals surface area contributed by atoms with E-state index in [1.807, 2.05) is 6.92 Å². The molecule has 0 aliphatic rings. The van der Waals surface area contributed by atoms with Gasteiger partial charge in [0.1, 0.15) is 5.60 Å². The van der Waals surface area contributed by atoms with Crippen molar-refractivity contribution in [3.8, 4) is 0 Å². The molecule has 1 rings (SSSR count). The summed E-state index contributed by atoms with van der Waals surface area (Å²) in [4.78, 5) is 3.95. The molecule has 4 nitrogen and oxygen atoms in total. The monoisotopic (exact) mass is 195 g/mol. The second-order valence-electron chi connectivity index (χ2n) is 3.45. The molecule has 0 amide bonds. The van der Waals surface area contributed by atoms with Crippen molar-refractivity contribution in [2.75, 3.05) is 12.3 Å². The Balaban J connectivity index is 3.05. The van der Waals surface area contributed by atoms with Gasteiger partial charge in [0.15, 0.2) is 0 Å². The minimum absolute atomic E-state index is 0.163. The predicted octanol–water partition coefficient (Wildman–Crippen LogP) is 0.610. The quantitative estimate of drug-likeness (QED) is 0.657. The summed E-state index contributed by atoms with van der Waals surface area (Å²) in [6.07, 6.45) is 4.63. The van der Waals surface area contributed by atoms with Crippen LogP contribution < -0.4 is 11.5 Å². The third kappa shape index (κ3) is 2.02. The number of nitrogen functional groups attached to an aromatic ring is 1. The van der Waals surface area contributed by atoms with Gasteiger partial charge < -0.3 is 16.6 Å². The van der Waals surface area contributed by atoms with Crippen molar-refractivity contribution in [1.82, 2.24) is 4.98 Å². The van der Waals surface area contributed by atoms with E-state index in [1.165, 1.54) is 0 Å². The van der Waals surface area contributed by atoms with Crippen LogP contribution in [0.5, 0.6) is 0 Å². The smallest absolute Gasteiger partial charge is 0.105 e. The highest BCUT2D eigenvalue weighted by molar-refractivity contribution is 5.47. The van der Waals surface area contributed by atoms with E-state index >= 15 is 0 Å². The molecule has 0 saturated heterocycles. The first-order valence-corrected chi connectivity index (χ1v) is 4.76. The molecule has 14 heavy (non-hydrogen) atoms. The molecule has 78 valence electrons. The molecule has 5 N–H and O–H groups in total. The van der Waals surface area contributed by atoms with Gasteiger partial charge in [-0.3, -0.25) is 4.98 Å². The molecule has 1 heterocycles. The lowest BCUT2D eigenvalue weighted by Gasteiger charge is -2.27. The molecule has 0 bridgehead atoms. The van der Waals surface area contributed by atoms with Gasteiger partial charge in [0, 0.05) is 30.2 Å². The minimum atomic E-state index is -1.03. The van der Waals surface area contributed by atoms with E-state index in [0.717, 1.165) is 6.42 Å². The Morgan fingerprint density at radius 2 is 2.29 bits per heavy atom. The molecule has 0 saturated carbocycles. The Bertz CT molecular complexity index is 303. The zero-order chi connectivity index (χ0) is 10.6. The number of nitrogens with two attached hydrogens (primary N) is 2. The average Bonchev–Trinajstić information content (AvgIpc) is 2.18. The van der Waals surface area contributed by atoms with Crippen molar-refractivity contribution in [3.63, 3.8) is 0 Å². The number of nitrogens with zero attached hydrogens (tertiary/aromatic N) is 1. The minimum Gasteiger partial charge on any atom is -0.398 e. The fourth-order valence-corrected chi connectivity index (χ4v) is 1.55. The third-order valence-corrected chi connectivity index (χ3v) is 2.36.